The van der Waals surface area contributed by atoms with Crippen LogP contribution in [0.2, 0.25) is 0 Å². The van der Waals surface area contributed by atoms with Crippen LogP contribution in [0.25, 0.3) is 0 Å². The fourth-order valence-corrected chi connectivity index (χ4v) is 5.86. The van der Waals surface area contributed by atoms with Gasteiger partial charge in [0, 0.05) is 23.6 Å². The summed E-state index contributed by atoms with van der Waals surface area (Å²) in [4.78, 5) is 3.93. The van der Waals surface area contributed by atoms with Gasteiger partial charge in [-0.05, 0) is 43.9 Å². The third-order valence-electron chi connectivity index (χ3n) is 5.89. The molecule has 8 nitrogen and oxygen atoms in total. The van der Waals surface area contributed by atoms with Crippen molar-refractivity contribution in [3.63, 3.8) is 0 Å². The van der Waals surface area contributed by atoms with Crippen LogP contribution in [0.3, 0.4) is 0 Å². The lowest BCUT2D eigenvalue weighted by Gasteiger charge is -2.23. The van der Waals surface area contributed by atoms with Crippen molar-refractivity contribution in [2.45, 2.75) is 61.8 Å². The van der Waals surface area contributed by atoms with Crippen LogP contribution in [0.5, 0.6) is 11.6 Å². The van der Waals surface area contributed by atoms with Crippen LogP contribution >= 0.6 is 11.3 Å². The molecule has 32 heavy (non-hydrogen) atoms. The lowest BCUT2D eigenvalue weighted by atomic mass is 9.96. The van der Waals surface area contributed by atoms with E-state index in [1.807, 2.05) is 10.7 Å². The van der Waals surface area contributed by atoms with E-state index in [1.54, 1.807) is 5.38 Å². The van der Waals surface area contributed by atoms with Crippen molar-refractivity contribution >= 4 is 26.5 Å². The maximum atomic E-state index is 12.7. The van der Waals surface area contributed by atoms with Gasteiger partial charge in [0.15, 0.2) is 5.13 Å². The predicted octanol–water partition coefficient (Wildman–Crippen LogP) is 5.19. The summed E-state index contributed by atoms with van der Waals surface area (Å²) in [6.07, 6.45) is 9.51. The van der Waals surface area contributed by atoms with Gasteiger partial charge in [-0.1, -0.05) is 19.3 Å². The number of sulfonamides is 1. The van der Waals surface area contributed by atoms with E-state index in [0.717, 1.165) is 31.4 Å². The number of thiazole rings is 1. The van der Waals surface area contributed by atoms with Crippen LogP contribution in [0, 0.1) is 11.3 Å². The van der Waals surface area contributed by atoms with Gasteiger partial charge in [0.1, 0.15) is 11.8 Å². The average Bonchev–Trinajstić information content (AvgIpc) is 3.38. The second-order valence-electron chi connectivity index (χ2n) is 8.23. The molecule has 0 aliphatic heterocycles. The van der Waals surface area contributed by atoms with E-state index >= 15 is 0 Å². The number of ether oxygens (including phenoxy) is 1. The molecule has 5 rings (SSSR count). The van der Waals surface area contributed by atoms with Gasteiger partial charge in [0.25, 0.3) is 10.0 Å². The molecule has 0 unspecified atom stereocenters. The van der Waals surface area contributed by atoms with Crippen molar-refractivity contribution in [3.05, 3.63) is 47.1 Å². The molecule has 2 saturated carbocycles. The zero-order valence-electron chi connectivity index (χ0n) is 17.4. The first-order valence-corrected chi connectivity index (χ1v) is 13.1. The first-order valence-electron chi connectivity index (χ1n) is 10.8. The molecule has 1 N–H and O–H groups in total. The van der Waals surface area contributed by atoms with Crippen LogP contribution < -0.4 is 9.46 Å². The van der Waals surface area contributed by atoms with E-state index in [9.17, 15) is 13.7 Å². The number of nitrogens with one attached hydrogen (secondary N) is 1. The van der Waals surface area contributed by atoms with E-state index in [1.165, 1.54) is 55.0 Å². The molecule has 2 aromatic heterocycles. The zero-order chi connectivity index (χ0) is 22.1. The smallest absolute Gasteiger partial charge is 0.263 e. The summed E-state index contributed by atoms with van der Waals surface area (Å²) in [5.74, 6) is 1.42. The maximum absolute atomic E-state index is 12.7. The van der Waals surface area contributed by atoms with Gasteiger partial charge in [-0.25, -0.2) is 18.1 Å². The topological polar surface area (TPSA) is 110 Å². The standard InChI is InChI=1S/C22H23N5O3S2/c23-14-16-12-18(32(28,29)26-22-24-10-11-31-22)8-9-20(16)30-21-13-19(15-6-7-15)25-27(21)17-4-2-1-3-5-17/h8-13,15,17H,1-7H2,(H,24,26). The summed E-state index contributed by atoms with van der Waals surface area (Å²) < 4.78 is 35.9. The van der Waals surface area contributed by atoms with Crippen molar-refractivity contribution in [1.82, 2.24) is 14.8 Å². The van der Waals surface area contributed by atoms with Gasteiger partial charge < -0.3 is 4.74 Å². The lowest BCUT2D eigenvalue weighted by Crippen LogP contribution is -2.15. The highest BCUT2D eigenvalue weighted by Gasteiger charge is 2.30. The Morgan fingerprint density at radius 3 is 2.66 bits per heavy atom. The Balaban J connectivity index is 1.44. The lowest BCUT2D eigenvalue weighted by molar-refractivity contribution is 0.294. The molecular formula is C22H23N5O3S2. The Morgan fingerprint density at radius 2 is 1.97 bits per heavy atom. The third-order valence-corrected chi connectivity index (χ3v) is 8.04. The minimum Gasteiger partial charge on any atom is -0.438 e. The number of hydrogen-bond acceptors (Lipinski definition) is 7. The number of benzene rings is 1. The average molecular weight is 470 g/mol. The molecule has 0 spiro atoms. The van der Waals surface area contributed by atoms with Crippen molar-refractivity contribution < 1.29 is 13.2 Å². The maximum Gasteiger partial charge on any atom is 0.263 e. The van der Waals surface area contributed by atoms with E-state index in [0.29, 0.717) is 23.6 Å². The van der Waals surface area contributed by atoms with Crippen LogP contribution in [0.1, 0.15) is 68.2 Å². The molecule has 0 amide bonds. The van der Waals surface area contributed by atoms with Gasteiger partial charge in [0.05, 0.1) is 22.2 Å². The number of nitrogens with zero attached hydrogens (tertiary/aromatic N) is 4. The molecule has 0 bridgehead atoms. The van der Waals surface area contributed by atoms with Gasteiger partial charge in [0.2, 0.25) is 5.88 Å². The Kier molecular flexibility index (Phi) is 5.61. The molecule has 0 radical (unpaired) electrons. The second-order valence-corrected chi connectivity index (χ2v) is 10.8. The number of hydrogen-bond donors (Lipinski definition) is 1. The molecular weight excluding hydrogens is 446 g/mol. The van der Waals surface area contributed by atoms with Crippen molar-refractivity contribution in [3.8, 4) is 17.7 Å². The van der Waals surface area contributed by atoms with E-state index < -0.39 is 10.0 Å². The largest absolute Gasteiger partial charge is 0.438 e. The first-order chi connectivity index (χ1) is 15.5. The van der Waals surface area contributed by atoms with E-state index in [-0.39, 0.29) is 15.6 Å². The summed E-state index contributed by atoms with van der Waals surface area (Å²) in [5.41, 5.74) is 1.19. The Morgan fingerprint density at radius 1 is 1.16 bits per heavy atom. The third kappa shape index (κ3) is 4.36. The summed E-state index contributed by atoms with van der Waals surface area (Å²) in [7, 11) is -3.86. The summed E-state index contributed by atoms with van der Waals surface area (Å²) in [5, 5.41) is 16.5. The quantitative estimate of drug-likeness (QED) is 0.510. The van der Waals surface area contributed by atoms with Gasteiger partial charge >= 0.3 is 0 Å². The van der Waals surface area contributed by atoms with E-state index in [4.69, 9.17) is 9.84 Å². The molecule has 10 heteroatoms. The molecule has 166 valence electrons. The summed E-state index contributed by atoms with van der Waals surface area (Å²) in [6.45, 7) is 0. The van der Waals surface area contributed by atoms with Gasteiger partial charge in [-0.2, -0.15) is 10.4 Å². The van der Waals surface area contributed by atoms with Crippen LogP contribution in [0.15, 0.2) is 40.7 Å². The number of nitriles is 1. The Hall–Kier alpha value is -2.90. The molecule has 2 aliphatic carbocycles. The van der Waals surface area contributed by atoms with Crippen LogP contribution in [-0.2, 0) is 10.0 Å². The molecule has 2 fully saturated rings. The van der Waals surface area contributed by atoms with Gasteiger partial charge in [-0.15, -0.1) is 11.3 Å². The molecule has 0 atom stereocenters. The molecule has 0 saturated heterocycles. The Labute approximate surface area is 190 Å². The summed E-state index contributed by atoms with van der Waals surface area (Å²) >= 11 is 1.18. The monoisotopic (exact) mass is 469 g/mol. The number of rotatable bonds is 7. The van der Waals surface area contributed by atoms with Crippen molar-refractivity contribution in [1.29, 1.82) is 5.26 Å². The predicted molar refractivity (Wildman–Crippen MR) is 120 cm³/mol. The number of anilines is 1. The highest BCUT2D eigenvalue weighted by atomic mass is 32.2. The molecule has 1 aromatic carbocycles. The van der Waals surface area contributed by atoms with Gasteiger partial charge in [-0.3, -0.25) is 4.72 Å². The minimum atomic E-state index is -3.86. The highest BCUT2D eigenvalue weighted by molar-refractivity contribution is 7.93. The Bertz CT molecular complexity index is 1250. The normalized spacial score (nSPS) is 17.1. The molecule has 2 aliphatic rings. The SMILES string of the molecule is N#Cc1cc(S(=O)(=O)Nc2nccs2)ccc1Oc1cc(C2CC2)nn1C1CCCCC1. The highest BCUT2D eigenvalue weighted by Crippen LogP contribution is 2.43. The van der Waals surface area contributed by atoms with E-state index in [2.05, 4.69) is 15.8 Å². The van der Waals surface area contributed by atoms with Crippen LogP contribution in [-0.4, -0.2) is 23.2 Å². The van der Waals surface area contributed by atoms with Crippen molar-refractivity contribution in [2.75, 3.05) is 4.72 Å². The molecule has 2 heterocycles. The number of aromatic nitrogens is 3. The fourth-order valence-electron chi connectivity index (χ4n) is 4.05. The first kappa shape index (κ1) is 21.0. The minimum absolute atomic E-state index is 0.0175. The van der Waals surface area contributed by atoms with Crippen LogP contribution in [0.4, 0.5) is 5.13 Å². The summed E-state index contributed by atoms with van der Waals surface area (Å²) in [6, 6.07) is 8.63. The van der Waals surface area contributed by atoms with Crippen molar-refractivity contribution in [2.24, 2.45) is 0 Å². The second kappa shape index (κ2) is 8.56. The fraction of sp³-hybridized carbons (Fsp3) is 0.409. The zero-order valence-corrected chi connectivity index (χ0v) is 19.0. The molecule has 3 aromatic rings.